The average molecular weight is 326 g/mol. The van der Waals surface area contributed by atoms with Crippen LogP contribution in [0.15, 0.2) is 84.1 Å². The van der Waals surface area contributed by atoms with Crippen molar-refractivity contribution >= 4 is 10.8 Å². The molecule has 0 aromatic heterocycles. The Bertz CT molecular complexity index is 1020. The highest BCUT2D eigenvalue weighted by atomic mass is 16.3. The lowest BCUT2D eigenvalue weighted by atomic mass is 9.86. The summed E-state index contributed by atoms with van der Waals surface area (Å²) in [4.78, 5) is 0. The molecule has 0 unspecified atom stereocenters. The van der Waals surface area contributed by atoms with Crippen LogP contribution in [-0.4, -0.2) is 5.11 Å². The first-order valence-electron chi connectivity index (χ1n) is 8.30. The first-order chi connectivity index (χ1) is 12.1. The molecular formula is C22H18N2O. The van der Waals surface area contributed by atoms with Gasteiger partial charge in [0.05, 0.1) is 17.3 Å². The maximum atomic E-state index is 11.2. The average Bonchev–Trinajstić information content (AvgIpc) is 2.94. The number of allylic oxidation sites excluding steroid dienone is 1. The normalized spacial score (nSPS) is 23.0. The van der Waals surface area contributed by atoms with Gasteiger partial charge in [-0.1, -0.05) is 72.8 Å². The van der Waals surface area contributed by atoms with Crippen molar-refractivity contribution in [2.45, 2.75) is 17.9 Å². The maximum Gasteiger partial charge on any atom is 0.131 e. The van der Waals surface area contributed by atoms with Crippen LogP contribution in [0, 0.1) is 11.3 Å². The Balaban J connectivity index is 1.82. The van der Waals surface area contributed by atoms with Gasteiger partial charge in [-0.25, -0.2) is 0 Å². The molecule has 0 amide bonds. The summed E-state index contributed by atoms with van der Waals surface area (Å²) in [5.74, 6) is -0.209. The number of nitrogens with zero attached hydrogens (tertiary/aromatic N) is 1. The predicted molar refractivity (Wildman–Crippen MR) is 98.5 cm³/mol. The minimum Gasteiger partial charge on any atom is -0.399 e. The minimum absolute atomic E-state index is 0.209. The van der Waals surface area contributed by atoms with Crippen molar-refractivity contribution in [3.05, 3.63) is 95.2 Å². The zero-order valence-electron chi connectivity index (χ0n) is 13.7. The van der Waals surface area contributed by atoms with E-state index in [1.807, 2.05) is 48.5 Å². The third-order valence-corrected chi connectivity index (χ3v) is 5.13. The molecule has 0 fully saturated rings. The molecule has 0 bridgehead atoms. The van der Waals surface area contributed by atoms with E-state index in [9.17, 15) is 10.4 Å². The van der Waals surface area contributed by atoms with Gasteiger partial charge in [0.1, 0.15) is 5.60 Å². The van der Waals surface area contributed by atoms with Gasteiger partial charge in [-0.3, -0.25) is 0 Å². The molecule has 122 valence electrons. The van der Waals surface area contributed by atoms with Crippen LogP contribution in [0.25, 0.3) is 10.8 Å². The van der Waals surface area contributed by atoms with Crippen LogP contribution in [0.3, 0.4) is 0 Å². The summed E-state index contributed by atoms with van der Waals surface area (Å²) < 4.78 is 0. The topological polar surface area (TPSA) is 70.0 Å². The summed E-state index contributed by atoms with van der Waals surface area (Å²) in [6, 6.07) is 25.8. The zero-order chi connectivity index (χ0) is 17.4. The fraction of sp³-hybridized carbons (Fsp3) is 0.136. The van der Waals surface area contributed by atoms with Crippen LogP contribution in [0.2, 0.25) is 0 Å². The molecule has 0 radical (unpaired) electrons. The zero-order valence-corrected chi connectivity index (χ0v) is 13.7. The predicted octanol–water partition coefficient (Wildman–Crippen LogP) is 3.95. The highest BCUT2D eigenvalue weighted by Gasteiger charge is 2.45. The number of hydrogen-bond acceptors (Lipinski definition) is 3. The maximum absolute atomic E-state index is 11.2. The van der Waals surface area contributed by atoms with Gasteiger partial charge in [0, 0.05) is 5.92 Å². The number of hydrogen-bond donors (Lipinski definition) is 2. The van der Waals surface area contributed by atoms with Crippen molar-refractivity contribution < 1.29 is 5.11 Å². The van der Waals surface area contributed by atoms with Crippen molar-refractivity contribution in [2.24, 2.45) is 5.73 Å². The second kappa shape index (κ2) is 5.77. The molecule has 0 saturated carbocycles. The summed E-state index contributed by atoms with van der Waals surface area (Å²) in [5.41, 5.74) is 7.40. The van der Waals surface area contributed by atoms with Crippen molar-refractivity contribution in [2.75, 3.05) is 0 Å². The molecule has 3 heteroatoms. The quantitative estimate of drug-likeness (QED) is 0.749. The molecule has 3 aromatic rings. The van der Waals surface area contributed by atoms with E-state index in [-0.39, 0.29) is 11.6 Å². The Morgan fingerprint density at radius 2 is 1.64 bits per heavy atom. The van der Waals surface area contributed by atoms with Crippen LogP contribution in [0.1, 0.15) is 23.5 Å². The highest BCUT2D eigenvalue weighted by Crippen LogP contribution is 2.48. The number of benzene rings is 3. The van der Waals surface area contributed by atoms with Gasteiger partial charge in [0.2, 0.25) is 0 Å². The van der Waals surface area contributed by atoms with Gasteiger partial charge in [0.15, 0.2) is 0 Å². The van der Waals surface area contributed by atoms with Gasteiger partial charge in [-0.2, -0.15) is 5.26 Å². The number of nitrogens with two attached hydrogens (primary N) is 1. The number of rotatable bonds is 2. The molecule has 0 saturated heterocycles. The molecule has 1 aliphatic carbocycles. The van der Waals surface area contributed by atoms with Crippen molar-refractivity contribution in [3.8, 4) is 6.07 Å². The largest absolute Gasteiger partial charge is 0.399 e. The Hall–Kier alpha value is -3.09. The van der Waals surface area contributed by atoms with Crippen molar-refractivity contribution in [3.63, 3.8) is 0 Å². The van der Waals surface area contributed by atoms with E-state index >= 15 is 0 Å². The van der Waals surface area contributed by atoms with Crippen LogP contribution >= 0.6 is 0 Å². The lowest BCUT2D eigenvalue weighted by molar-refractivity contribution is 0.0724. The van der Waals surface area contributed by atoms with Crippen molar-refractivity contribution in [1.29, 1.82) is 5.26 Å². The van der Waals surface area contributed by atoms with E-state index in [4.69, 9.17) is 5.73 Å². The Labute approximate surface area is 146 Å². The third kappa shape index (κ3) is 2.39. The fourth-order valence-electron chi connectivity index (χ4n) is 3.75. The number of aliphatic hydroxyl groups is 1. The first-order valence-corrected chi connectivity index (χ1v) is 8.30. The number of nitriles is 1. The molecule has 4 rings (SSSR count). The Morgan fingerprint density at radius 1 is 0.960 bits per heavy atom. The summed E-state index contributed by atoms with van der Waals surface area (Å²) >= 11 is 0. The Kier molecular flexibility index (Phi) is 3.56. The first kappa shape index (κ1) is 15.4. The van der Waals surface area contributed by atoms with Crippen LogP contribution in [0.4, 0.5) is 0 Å². The minimum atomic E-state index is -1.30. The summed E-state index contributed by atoms with van der Waals surface area (Å²) in [5, 5.41) is 23.2. The van der Waals surface area contributed by atoms with Gasteiger partial charge in [0.25, 0.3) is 0 Å². The number of fused-ring (bicyclic) bond motifs is 1. The van der Waals surface area contributed by atoms with E-state index in [1.54, 1.807) is 0 Å². The molecule has 0 aliphatic heterocycles. The van der Waals surface area contributed by atoms with Crippen molar-refractivity contribution in [1.82, 2.24) is 0 Å². The van der Waals surface area contributed by atoms with Gasteiger partial charge in [-0.15, -0.1) is 0 Å². The molecular weight excluding hydrogens is 308 g/mol. The van der Waals surface area contributed by atoms with Crippen LogP contribution in [-0.2, 0) is 5.60 Å². The second-order valence-corrected chi connectivity index (χ2v) is 6.53. The van der Waals surface area contributed by atoms with E-state index in [2.05, 4.69) is 30.3 Å². The standard InChI is InChI=1S/C22H18N2O/c23-14-20-19(17-11-10-15-6-4-5-7-16(15)12-17)13-22(25,21(20)24)18-8-2-1-3-9-18/h1-12,19,25H,13,24H2/t19-,22+/m1/s1. The second-order valence-electron chi connectivity index (χ2n) is 6.53. The monoisotopic (exact) mass is 326 g/mol. The van der Waals surface area contributed by atoms with E-state index in [0.29, 0.717) is 12.0 Å². The smallest absolute Gasteiger partial charge is 0.131 e. The summed E-state index contributed by atoms with van der Waals surface area (Å²) in [6.45, 7) is 0. The molecule has 0 heterocycles. The molecule has 1 aliphatic rings. The highest BCUT2D eigenvalue weighted by molar-refractivity contribution is 5.83. The summed E-state index contributed by atoms with van der Waals surface area (Å²) in [7, 11) is 0. The molecule has 3 N–H and O–H groups in total. The molecule has 3 aromatic carbocycles. The van der Waals surface area contributed by atoms with Crippen LogP contribution < -0.4 is 5.73 Å². The van der Waals surface area contributed by atoms with Gasteiger partial charge < -0.3 is 10.8 Å². The molecule has 3 nitrogen and oxygen atoms in total. The van der Waals surface area contributed by atoms with Gasteiger partial charge in [-0.05, 0) is 28.3 Å². The molecule has 0 spiro atoms. The lowest BCUT2D eigenvalue weighted by Crippen LogP contribution is -2.29. The SMILES string of the molecule is N#CC1=C(N)[C@@](O)(c2ccccc2)C[C@@H]1c1ccc2ccccc2c1. The fourth-order valence-corrected chi connectivity index (χ4v) is 3.75. The lowest BCUT2D eigenvalue weighted by Gasteiger charge is -2.25. The van der Waals surface area contributed by atoms with E-state index < -0.39 is 5.60 Å². The summed E-state index contributed by atoms with van der Waals surface area (Å²) in [6.07, 6.45) is 0.379. The van der Waals surface area contributed by atoms with Crippen LogP contribution in [0.5, 0.6) is 0 Å². The molecule has 2 atom stereocenters. The van der Waals surface area contributed by atoms with E-state index in [0.717, 1.165) is 21.9 Å². The molecule has 25 heavy (non-hydrogen) atoms. The third-order valence-electron chi connectivity index (χ3n) is 5.13. The Morgan fingerprint density at radius 3 is 2.36 bits per heavy atom. The van der Waals surface area contributed by atoms with Gasteiger partial charge >= 0.3 is 0 Å². The van der Waals surface area contributed by atoms with E-state index in [1.165, 1.54) is 0 Å².